The molecule has 0 radical (unpaired) electrons. The van der Waals surface area contributed by atoms with E-state index in [0.717, 1.165) is 11.3 Å². The predicted octanol–water partition coefficient (Wildman–Crippen LogP) is 4.52. The SMILES string of the molecule is CCOC(=O)/C(=C\c1ccccc1)SCc1ccccc1. The van der Waals surface area contributed by atoms with Crippen molar-refractivity contribution in [2.24, 2.45) is 0 Å². The summed E-state index contributed by atoms with van der Waals surface area (Å²) in [6, 6.07) is 19.9. The molecule has 2 rings (SSSR count). The number of carbonyl (C=O) groups is 1. The van der Waals surface area contributed by atoms with E-state index >= 15 is 0 Å². The smallest absolute Gasteiger partial charge is 0.344 e. The van der Waals surface area contributed by atoms with Gasteiger partial charge >= 0.3 is 5.97 Å². The first-order chi connectivity index (χ1) is 10.3. The lowest BCUT2D eigenvalue weighted by Gasteiger charge is -2.07. The van der Waals surface area contributed by atoms with E-state index in [4.69, 9.17) is 4.74 Å². The molecule has 0 fully saturated rings. The van der Waals surface area contributed by atoms with Crippen molar-refractivity contribution in [3.63, 3.8) is 0 Å². The number of rotatable bonds is 6. The zero-order valence-electron chi connectivity index (χ0n) is 12.0. The van der Waals surface area contributed by atoms with Crippen molar-refractivity contribution in [3.05, 3.63) is 76.7 Å². The number of hydrogen-bond acceptors (Lipinski definition) is 3. The summed E-state index contributed by atoms with van der Waals surface area (Å²) in [6.45, 7) is 2.21. The van der Waals surface area contributed by atoms with E-state index in [2.05, 4.69) is 12.1 Å². The lowest BCUT2D eigenvalue weighted by molar-refractivity contribution is -0.137. The molecule has 0 bridgehead atoms. The number of ether oxygens (including phenoxy) is 1. The second-order valence-electron chi connectivity index (χ2n) is 4.41. The summed E-state index contributed by atoms with van der Waals surface area (Å²) >= 11 is 1.50. The van der Waals surface area contributed by atoms with E-state index < -0.39 is 0 Å². The highest BCUT2D eigenvalue weighted by Gasteiger charge is 2.11. The molecular weight excluding hydrogens is 280 g/mol. The maximum absolute atomic E-state index is 12.1. The second-order valence-corrected chi connectivity index (χ2v) is 5.43. The van der Waals surface area contributed by atoms with Gasteiger partial charge in [-0.15, -0.1) is 11.8 Å². The number of thioether (sulfide) groups is 1. The van der Waals surface area contributed by atoms with E-state index in [-0.39, 0.29) is 5.97 Å². The molecule has 0 amide bonds. The number of benzene rings is 2. The zero-order valence-corrected chi connectivity index (χ0v) is 12.8. The quantitative estimate of drug-likeness (QED) is 0.579. The van der Waals surface area contributed by atoms with Gasteiger partial charge < -0.3 is 4.74 Å². The molecule has 0 saturated heterocycles. The van der Waals surface area contributed by atoms with Gasteiger partial charge in [-0.25, -0.2) is 4.79 Å². The van der Waals surface area contributed by atoms with Gasteiger partial charge in [0.25, 0.3) is 0 Å². The van der Waals surface area contributed by atoms with Crippen LogP contribution in [0.5, 0.6) is 0 Å². The van der Waals surface area contributed by atoms with Crippen molar-refractivity contribution in [1.29, 1.82) is 0 Å². The molecule has 0 saturated carbocycles. The molecule has 0 atom stereocenters. The standard InChI is InChI=1S/C18H18O2S/c1-2-20-18(19)17(13-15-9-5-3-6-10-15)21-14-16-11-7-4-8-12-16/h3-13H,2,14H2,1H3/b17-13+. The van der Waals surface area contributed by atoms with Gasteiger partial charge in [-0.1, -0.05) is 60.7 Å². The molecule has 0 spiro atoms. The Bertz CT molecular complexity index is 591. The molecular formula is C18H18O2S. The van der Waals surface area contributed by atoms with Crippen LogP contribution < -0.4 is 0 Å². The van der Waals surface area contributed by atoms with Crippen LogP contribution in [0.2, 0.25) is 0 Å². The third-order valence-corrected chi connectivity index (χ3v) is 3.88. The molecule has 108 valence electrons. The first-order valence-corrected chi connectivity index (χ1v) is 7.88. The predicted molar refractivity (Wildman–Crippen MR) is 88.8 cm³/mol. The second kappa shape index (κ2) is 8.32. The maximum Gasteiger partial charge on any atom is 0.344 e. The number of esters is 1. The van der Waals surface area contributed by atoms with E-state index in [1.54, 1.807) is 0 Å². The lowest BCUT2D eigenvalue weighted by atomic mass is 10.2. The Labute approximate surface area is 129 Å². The molecule has 3 heteroatoms. The molecule has 0 aromatic heterocycles. The average Bonchev–Trinajstić information content (AvgIpc) is 2.53. The molecule has 21 heavy (non-hydrogen) atoms. The highest BCUT2D eigenvalue weighted by Crippen LogP contribution is 2.25. The minimum absolute atomic E-state index is 0.262. The summed E-state index contributed by atoms with van der Waals surface area (Å²) in [5, 5.41) is 0. The van der Waals surface area contributed by atoms with Gasteiger partial charge in [0, 0.05) is 5.75 Å². The first kappa shape index (κ1) is 15.4. The van der Waals surface area contributed by atoms with E-state index in [0.29, 0.717) is 11.5 Å². The van der Waals surface area contributed by atoms with E-state index in [9.17, 15) is 4.79 Å². The molecule has 0 aliphatic heterocycles. The summed E-state index contributed by atoms with van der Waals surface area (Å²) in [5.74, 6) is 0.487. The third-order valence-electron chi connectivity index (χ3n) is 2.81. The lowest BCUT2D eigenvalue weighted by Crippen LogP contribution is -2.05. The van der Waals surface area contributed by atoms with Gasteiger partial charge in [-0.3, -0.25) is 0 Å². The van der Waals surface area contributed by atoms with Gasteiger partial charge in [0.1, 0.15) is 0 Å². The van der Waals surface area contributed by atoms with Gasteiger partial charge in [0.2, 0.25) is 0 Å². The van der Waals surface area contributed by atoms with Crippen LogP contribution in [0.3, 0.4) is 0 Å². The summed E-state index contributed by atoms with van der Waals surface area (Å²) < 4.78 is 5.14. The first-order valence-electron chi connectivity index (χ1n) is 6.90. The van der Waals surface area contributed by atoms with Crippen molar-refractivity contribution < 1.29 is 9.53 Å². The Morgan fingerprint density at radius 1 is 1.05 bits per heavy atom. The Balaban J connectivity index is 2.13. The monoisotopic (exact) mass is 298 g/mol. The van der Waals surface area contributed by atoms with Crippen molar-refractivity contribution in [3.8, 4) is 0 Å². The van der Waals surface area contributed by atoms with Crippen LogP contribution in [-0.4, -0.2) is 12.6 Å². The Kier molecular flexibility index (Phi) is 6.10. The van der Waals surface area contributed by atoms with Gasteiger partial charge in [0.05, 0.1) is 11.5 Å². The highest BCUT2D eigenvalue weighted by atomic mass is 32.2. The summed E-state index contributed by atoms with van der Waals surface area (Å²) in [4.78, 5) is 12.7. The Hall–Kier alpha value is -2.00. The Morgan fingerprint density at radius 3 is 2.29 bits per heavy atom. The summed E-state index contributed by atoms with van der Waals surface area (Å²) in [5.41, 5.74) is 2.19. The fraction of sp³-hybridized carbons (Fsp3) is 0.167. The van der Waals surface area contributed by atoms with Crippen LogP contribution in [0.1, 0.15) is 18.1 Å². The molecule has 0 aliphatic carbocycles. The summed E-state index contributed by atoms with van der Waals surface area (Å²) in [7, 11) is 0. The minimum Gasteiger partial charge on any atom is -0.462 e. The molecule has 0 N–H and O–H groups in total. The van der Waals surface area contributed by atoms with Crippen LogP contribution in [-0.2, 0) is 15.3 Å². The van der Waals surface area contributed by atoms with Gasteiger partial charge in [-0.2, -0.15) is 0 Å². The third kappa shape index (κ3) is 5.12. The van der Waals surface area contributed by atoms with Crippen molar-refractivity contribution in [2.75, 3.05) is 6.61 Å². The molecule has 2 aromatic rings. The largest absolute Gasteiger partial charge is 0.462 e. The van der Waals surface area contributed by atoms with Crippen molar-refractivity contribution in [2.45, 2.75) is 12.7 Å². The van der Waals surface area contributed by atoms with Crippen LogP contribution >= 0.6 is 11.8 Å². The molecule has 0 aliphatic rings. The molecule has 2 nitrogen and oxygen atoms in total. The minimum atomic E-state index is -0.262. The van der Waals surface area contributed by atoms with Crippen LogP contribution in [0.25, 0.3) is 6.08 Å². The van der Waals surface area contributed by atoms with E-state index in [1.807, 2.05) is 61.5 Å². The number of carbonyl (C=O) groups excluding carboxylic acids is 1. The fourth-order valence-corrected chi connectivity index (χ4v) is 2.71. The van der Waals surface area contributed by atoms with Crippen LogP contribution in [0, 0.1) is 0 Å². The van der Waals surface area contributed by atoms with Gasteiger partial charge in [-0.05, 0) is 24.1 Å². The molecule has 0 heterocycles. The Morgan fingerprint density at radius 2 is 1.67 bits per heavy atom. The topological polar surface area (TPSA) is 26.3 Å². The average molecular weight is 298 g/mol. The zero-order chi connectivity index (χ0) is 14.9. The van der Waals surface area contributed by atoms with Crippen molar-refractivity contribution >= 4 is 23.8 Å². The normalized spacial score (nSPS) is 11.2. The molecule has 2 aromatic carbocycles. The highest BCUT2D eigenvalue weighted by molar-refractivity contribution is 8.03. The van der Waals surface area contributed by atoms with E-state index in [1.165, 1.54) is 17.3 Å². The summed E-state index contributed by atoms with van der Waals surface area (Å²) in [6.07, 6.45) is 1.88. The van der Waals surface area contributed by atoms with Crippen molar-refractivity contribution in [1.82, 2.24) is 0 Å². The molecule has 0 unspecified atom stereocenters. The van der Waals surface area contributed by atoms with Crippen LogP contribution in [0.4, 0.5) is 0 Å². The maximum atomic E-state index is 12.1. The van der Waals surface area contributed by atoms with Crippen LogP contribution in [0.15, 0.2) is 65.6 Å². The van der Waals surface area contributed by atoms with Gasteiger partial charge in [0.15, 0.2) is 0 Å². The number of hydrogen-bond donors (Lipinski definition) is 0. The fourth-order valence-electron chi connectivity index (χ4n) is 1.80.